The molecule has 0 radical (unpaired) electrons. The van der Waals surface area contributed by atoms with Gasteiger partial charge in [0.05, 0.1) is 5.69 Å². The Balaban J connectivity index is 2.29. The molecule has 3 rings (SSSR count). The molecule has 0 spiro atoms. The second-order valence-electron chi connectivity index (χ2n) is 8.78. The van der Waals surface area contributed by atoms with Gasteiger partial charge in [0.2, 0.25) is 12.4 Å². The fourth-order valence-electron chi connectivity index (χ4n) is 3.99. The van der Waals surface area contributed by atoms with Gasteiger partial charge in [-0.2, -0.15) is 4.98 Å². The van der Waals surface area contributed by atoms with E-state index in [1.807, 2.05) is 25.1 Å². The maximum Gasteiger partial charge on any atom is 0.225 e. The highest BCUT2D eigenvalue weighted by atomic mass is 19.1. The van der Waals surface area contributed by atoms with Crippen LogP contribution in [0.4, 0.5) is 26.2 Å². The third-order valence-electron chi connectivity index (χ3n) is 5.94. The van der Waals surface area contributed by atoms with Crippen molar-refractivity contribution < 1.29 is 13.6 Å². The molecule has 0 unspecified atom stereocenters. The van der Waals surface area contributed by atoms with Gasteiger partial charge < -0.3 is 21.7 Å². The third-order valence-corrected chi connectivity index (χ3v) is 5.94. The van der Waals surface area contributed by atoms with Gasteiger partial charge >= 0.3 is 0 Å². The molecule has 1 heterocycles. The standard InChI is InChI=1S/C28H35F2N7O/c1-5-13-33-19(3)20-11-10-18(2)21(15-20)25-22(16-32-4)27(36-28(35-25)34-14-7-12-31)37(17-38)26-23(29)8-6-9-24(26)30/h6,8-11,15,17,32-33H,3,5,7,12-14,16,31H2,1-2,4H3,(H,34,35,36). The van der Waals surface area contributed by atoms with Crippen LogP contribution < -0.4 is 26.6 Å². The zero-order valence-corrected chi connectivity index (χ0v) is 22.1. The Labute approximate surface area is 222 Å². The highest BCUT2D eigenvalue weighted by Crippen LogP contribution is 2.37. The number of nitrogens with two attached hydrogens (primary N) is 1. The van der Waals surface area contributed by atoms with E-state index in [0.717, 1.165) is 52.4 Å². The fourth-order valence-corrected chi connectivity index (χ4v) is 3.99. The molecule has 0 saturated heterocycles. The number of carbonyl (C=O) groups excluding carboxylic acids is 1. The Morgan fingerprint density at radius 1 is 1.16 bits per heavy atom. The summed E-state index contributed by atoms with van der Waals surface area (Å²) in [6.07, 6.45) is 1.96. The van der Waals surface area contributed by atoms with Crippen LogP contribution in [-0.4, -0.2) is 43.1 Å². The van der Waals surface area contributed by atoms with E-state index in [0.29, 0.717) is 37.2 Å². The summed E-state index contributed by atoms with van der Waals surface area (Å²) < 4.78 is 29.7. The van der Waals surface area contributed by atoms with Crippen molar-refractivity contribution >= 4 is 29.6 Å². The smallest absolute Gasteiger partial charge is 0.225 e. The van der Waals surface area contributed by atoms with Gasteiger partial charge in [-0.15, -0.1) is 0 Å². The second kappa shape index (κ2) is 13.6. The fraction of sp³-hybridized carbons (Fsp3) is 0.321. The van der Waals surface area contributed by atoms with Gasteiger partial charge in [-0.05, 0) is 62.7 Å². The maximum atomic E-state index is 14.8. The van der Waals surface area contributed by atoms with Crippen molar-refractivity contribution in [2.24, 2.45) is 5.73 Å². The number of halogens is 2. The summed E-state index contributed by atoms with van der Waals surface area (Å²) in [5, 5.41) is 9.50. The van der Waals surface area contributed by atoms with E-state index >= 15 is 0 Å². The molecule has 3 aromatic rings. The van der Waals surface area contributed by atoms with Gasteiger partial charge in [-0.3, -0.25) is 9.69 Å². The monoisotopic (exact) mass is 523 g/mol. The van der Waals surface area contributed by atoms with Gasteiger partial charge in [0.25, 0.3) is 0 Å². The van der Waals surface area contributed by atoms with Crippen LogP contribution in [0.2, 0.25) is 0 Å². The van der Waals surface area contributed by atoms with Crippen molar-refractivity contribution in [2.45, 2.75) is 33.2 Å². The minimum Gasteiger partial charge on any atom is -0.385 e. The predicted octanol–water partition coefficient (Wildman–Crippen LogP) is 4.48. The number of benzene rings is 2. The number of amides is 1. The maximum absolute atomic E-state index is 14.8. The molecule has 1 aromatic heterocycles. The van der Waals surface area contributed by atoms with Crippen molar-refractivity contribution in [3.63, 3.8) is 0 Å². The number of para-hydroxylation sites is 1. The van der Waals surface area contributed by atoms with E-state index in [9.17, 15) is 13.6 Å². The number of rotatable bonds is 14. The summed E-state index contributed by atoms with van der Waals surface area (Å²) in [6.45, 7) is 10.1. The lowest BCUT2D eigenvalue weighted by Crippen LogP contribution is -2.24. The molecule has 8 nitrogen and oxygen atoms in total. The molecular weight excluding hydrogens is 488 g/mol. The first-order chi connectivity index (χ1) is 18.4. The SMILES string of the molecule is C=C(NCCC)c1ccc(C)c(-c2nc(NCCCN)nc(N(C=O)c3c(F)cccc3F)c2CNC)c1. The number of hydrogen-bond acceptors (Lipinski definition) is 7. The lowest BCUT2D eigenvalue weighted by molar-refractivity contribution is -0.106. The van der Waals surface area contributed by atoms with Gasteiger partial charge in [0.1, 0.15) is 17.3 Å². The zero-order chi connectivity index (χ0) is 27.7. The Kier molecular flexibility index (Phi) is 10.3. The second-order valence-corrected chi connectivity index (χ2v) is 8.78. The minimum absolute atomic E-state index is 0.0614. The van der Waals surface area contributed by atoms with Crippen LogP contribution >= 0.6 is 0 Å². The van der Waals surface area contributed by atoms with Crippen molar-refractivity contribution in [1.29, 1.82) is 0 Å². The molecule has 0 aliphatic carbocycles. The number of aromatic nitrogens is 2. The lowest BCUT2D eigenvalue weighted by Gasteiger charge is -2.24. The molecule has 5 N–H and O–H groups in total. The summed E-state index contributed by atoms with van der Waals surface area (Å²) in [4.78, 5) is 22.6. The Hall–Kier alpha value is -3.89. The van der Waals surface area contributed by atoms with E-state index in [1.165, 1.54) is 6.07 Å². The third kappa shape index (κ3) is 6.51. The Bertz CT molecular complexity index is 1260. The van der Waals surface area contributed by atoms with Crippen LogP contribution in [0, 0.1) is 18.6 Å². The Morgan fingerprint density at radius 3 is 2.53 bits per heavy atom. The van der Waals surface area contributed by atoms with Crippen molar-refractivity contribution in [3.05, 3.63) is 71.3 Å². The van der Waals surface area contributed by atoms with Crippen LogP contribution in [0.5, 0.6) is 0 Å². The number of hydrogen-bond donors (Lipinski definition) is 4. The van der Waals surface area contributed by atoms with Crippen LogP contribution in [0.15, 0.2) is 43.0 Å². The Morgan fingerprint density at radius 2 is 1.89 bits per heavy atom. The van der Waals surface area contributed by atoms with E-state index in [1.54, 1.807) is 7.05 Å². The highest BCUT2D eigenvalue weighted by Gasteiger charge is 2.26. The van der Waals surface area contributed by atoms with Crippen molar-refractivity contribution in [1.82, 2.24) is 20.6 Å². The molecule has 10 heteroatoms. The predicted molar refractivity (Wildman–Crippen MR) is 149 cm³/mol. The summed E-state index contributed by atoms with van der Waals surface area (Å²) >= 11 is 0. The minimum atomic E-state index is -0.887. The molecule has 0 atom stereocenters. The molecule has 202 valence electrons. The normalized spacial score (nSPS) is 10.8. The number of aryl methyl sites for hydroxylation is 1. The number of nitrogens with zero attached hydrogens (tertiary/aromatic N) is 3. The van der Waals surface area contributed by atoms with Crippen LogP contribution in [-0.2, 0) is 11.3 Å². The summed E-state index contributed by atoms with van der Waals surface area (Å²) in [5.74, 6) is -1.51. The average molecular weight is 524 g/mol. The van der Waals surface area contributed by atoms with Gasteiger partial charge in [-0.1, -0.05) is 31.7 Å². The van der Waals surface area contributed by atoms with E-state index in [2.05, 4.69) is 34.4 Å². The number of anilines is 3. The van der Waals surface area contributed by atoms with Crippen LogP contribution in [0.1, 0.15) is 36.5 Å². The molecule has 0 aliphatic heterocycles. The van der Waals surface area contributed by atoms with E-state index in [-0.39, 0.29) is 18.3 Å². The highest BCUT2D eigenvalue weighted by molar-refractivity contribution is 5.89. The molecule has 0 bridgehead atoms. The topological polar surface area (TPSA) is 108 Å². The molecule has 0 aliphatic rings. The first-order valence-corrected chi connectivity index (χ1v) is 12.6. The van der Waals surface area contributed by atoms with Crippen LogP contribution in [0.25, 0.3) is 17.0 Å². The quantitative estimate of drug-likeness (QED) is 0.182. The molecular formula is C28H35F2N7O. The first-order valence-electron chi connectivity index (χ1n) is 12.6. The average Bonchev–Trinajstić information content (AvgIpc) is 2.90. The van der Waals surface area contributed by atoms with Crippen LogP contribution in [0.3, 0.4) is 0 Å². The van der Waals surface area contributed by atoms with Gasteiger partial charge in [0.15, 0.2) is 5.82 Å². The molecule has 1 amide bonds. The number of nitrogens with one attached hydrogen (secondary N) is 3. The molecule has 2 aromatic carbocycles. The van der Waals surface area contributed by atoms with Crippen molar-refractivity contribution in [3.8, 4) is 11.3 Å². The van der Waals surface area contributed by atoms with E-state index < -0.39 is 17.3 Å². The first kappa shape index (κ1) is 28.7. The summed E-state index contributed by atoms with van der Waals surface area (Å²) in [6, 6.07) is 9.32. The molecule has 0 fully saturated rings. The number of carbonyl (C=O) groups is 1. The van der Waals surface area contributed by atoms with Crippen molar-refractivity contribution in [2.75, 3.05) is 36.9 Å². The van der Waals surface area contributed by atoms with Gasteiger partial charge in [0, 0.05) is 36.5 Å². The zero-order valence-electron chi connectivity index (χ0n) is 22.1. The van der Waals surface area contributed by atoms with Gasteiger partial charge in [-0.25, -0.2) is 13.8 Å². The summed E-state index contributed by atoms with van der Waals surface area (Å²) in [7, 11) is 1.73. The lowest BCUT2D eigenvalue weighted by atomic mass is 9.97. The summed E-state index contributed by atoms with van der Waals surface area (Å²) in [5.41, 5.74) is 9.48. The van der Waals surface area contributed by atoms with E-state index in [4.69, 9.17) is 10.7 Å². The molecule has 0 saturated carbocycles. The largest absolute Gasteiger partial charge is 0.385 e. The molecule has 38 heavy (non-hydrogen) atoms.